The Balaban J connectivity index is 1.74. The van der Waals surface area contributed by atoms with Crippen molar-refractivity contribution < 1.29 is 19.1 Å². The van der Waals surface area contributed by atoms with Gasteiger partial charge in [0.2, 0.25) is 0 Å². The molecule has 0 aliphatic heterocycles. The van der Waals surface area contributed by atoms with E-state index in [-0.39, 0.29) is 17.9 Å². The highest BCUT2D eigenvalue weighted by Crippen LogP contribution is 2.22. The molecule has 154 valence electrons. The number of hydrogen-bond acceptors (Lipinski definition) is 4. The summed E-state index contributed by atoms with van der Waals surface area (Å²) in [5.74, 6) is -1.49. The molecule has 0 fully saturated rings. The summed E-state index contributed by atoms with van der Waals surface area (Å²) in [6.45, 7) is 7.60. The molecule has 2 amide bonds. The lowest BCUT2D eigenvalue weighted by atomic mass is 9.87. The van der Waals surface area contributed by atoms with Crippen LogP contribution in [0.1, 0.15) is 49.2 Å². The standard InChI is InChI=1S/C23H28N2O4/c1-5-16-6-12-19(13-7-16)25-20(26)15-29-21(27)14-24-22(28)17-8-10-18(11-9-17)23(2,3)4/h6-13H,5,14-15H2,1-4H3,(H,24,28)(H,25,26). The second-order valence-corrected chi connectivity index (χ2v) is 7.77. The van der Waals surface area contributed by atoms with Gasteiger partial charge < -0.3 is 15.4 Å². The van der Waals surface area contributed by atoms with Crippen LogP contribution in [0.2, 0.25) is 0 Å². The first-order valence-electron chi connectivity index (χ1n) is 9.62. The first kappa shape index (κ1) is 22.1. The summed E-state index contributed by atoms with van der Waals surface area (Å²) in [6.07, 6.45) is 0.915. The topological polar surface area (TPSA) is 84.5 Å². The first-order valence-corrected chi connectivity index (χ1v) is 9.62. The fraction of sp³-hybridized carbons (Fsp3) is 0.348. The Labute approximate surface area is 171 Å². The maximum Gasteiger partial charge on any atom is 0.325 e. The molecule has 0 aromatic heterocycles. The molecule has 0 radical (unpaired) electrons. The van der Waals surface area contributed by atoms with E-state index in [0.717, 1.165) is 12.0 Å². The van der Waals surface area contributed by atoms with Gasteiger partial charge in [-0.05, 0) is 47.2 Å². The Kier molecular flexibility index (Phi) is 7.53. The Hall–Kier alpha value is -3.15. The minimum atomic E-state index is -0.679. The highest BCUT2D eigenvalue weighted by atomic mass is 16.5. The Bertz CT molecular complexity index is 850. The van der Waals surface area contributed by atoms with E-state index in [0.29, 0.717) is 11.3 Å². The number of nitrogens with one attached hydrogen (secondary N) is 2. The molecule has 2 rings (SSSR count). The number of hydrogen-bond donors (Lipinski definition) is 2. The number of esters is 1. The zero-order valence-electron chi connectivity index (χ0n) is 17.4. The second-order valence-electron chi connectivity index (χ2n) is 7.77. The van der Waals surface area contributed by atoms with Crippen LogP contribution in [0.5, 0.6) is 0 Å². The molecule has 2 aromatic carbocycles. The Morgan fingerprint density at radius 3 is 2.10 bits per heavy atom. The Morgan fingerprint density at radius 1 is 0.931 bits per heavy atom. The van der Waals surface area contributed by atoms with Crippen LogP contribution in [0.25, 0.3) is 0 Å². The zero-order chi connectivity index (χ0) is 21.4. The number of rotatable bonds is 7. The fourth-order valence-corrected chi connectivity index (χ4v) is 2.59. The van der Waals surface area contributed by atoms with Gasteiger partial charge in [0.25, 0.3) is 11.8 Å². The van der Waals surface area contributed by atoms with Crippen molar-refractivity contribution >= 4 is 23.5 Å². The van der Waals surface area contributed by atoms with Crippen molar-refractivity contribution in [2.45, 2.75) is 39.5 Å². The van der Waals surface area contributed by atoms with Crippen molar-refractivity contribution in [3.63, 3.8) is 0 Å². The average Bonchev–Trinajstić information content (AvgIpc) is 2.70. The van der Waals surface area contributed by atoms with E-state index < -0.39 is 18.5 Å². The van der Waals surface area contributed by atoms with Crippen LogP contribution in [0, 0.1) is 0 Å². The van der Waals surface area contributed by atoms with E-state index in [2.05, 4.69) is 31.4 Å². The Morgan fingerprint density at radius 2 is 1.55 bits per heavy atom. The number of anilines is 1. The van der Waals surface area contributed by atoms with Gasteiger partial charge in [0.1, 0.15) is 6.54 Å². The van der Waals surface area contributed by atoms with E-state index in [1.165, 1.54) is 5.56 Å². The molecule has 0 saturated carbocycles. The summed E-state index contributed by atoms with van der Waals surface area (Å²) in [4.78, 5) is 35.8. The average molecular weight is 396 g/mol. The van der Waals surface area contributed by atoms with Crippen molar-refractivity contribution in [3.05, 3.63) is 65.2 Å². The largest absolute Gasteiger partial charge is 0.454 e. The van der Waals surface area contributed by atoms with Crippen molar-refractivity contribution in [2.75, 3.05) is 18.5 Å². The van der Waals surface area contributed by atoms with Crippen molar-refractivity contribution in [2.24, 2.45) is 0 Å². The van der Waals surface area contributed by atoms with Gasteiger partial charge >= 0.3 is 5.97 Å². The molecule has 0 aliphatic rings. The number of aryl methyl sites for hydroxylation is 1. The molecule has 0 spiro atoms. The minimum absolute atomic E-state index is 0.00255. The summed E-state index contributed by atoms with van der Waals surface area (Å²) in [6, 6.07) is 14.7. The van der Waals surface area contributed by atoms with E-state index in [9.17, 15) is 14.4 Å². The van der Waals surface area contributed by atoms with Crippen molar-refractivity contribution in [1.29, 1.82) is 0 Å². The maximum atomic E-state index is 12.1. The summed E-state index contributed by atoms with van der Waals surface area (Å²) in [7, 11) is 0. The van der Waals surface area contributed by atoms with Gasteiger partial charge in [-0.1, -0.05) is 52.0 Å². The minimum Gasteiger partial charge on any atom is -0.454 e. The van der Waals surface area contributed by atoms with Gasteiger partial charge in [-0.15, -0.1) is 0 Å². The van der Waals surface area contributed by atoms with Crippen LogP contribution in [0.3, 0.4) is 0 Å². The van der Waals surface area contributed by atoms with Crippen molar-refractivity contribution in [3.8, 4) is 0 Å². The number of benzene rings is 2. The molecule has 2 aromatic rings. The van der Waals surface area contributed by atoms with Crippen molar-refractivity contribution in [1.82, 2.24) is 5.32 Å². The van der Waals surface area contributed by atoms with Crippen LogP contribution < -0.4 is 10.6 Å². The molecular weight excluding hydrogens is 368 g/mol. The van der Waals surface area contributed by atoms with Gasteiger partial charge in [-0.2, -0.15) is 0 Å². The predicted octanol–water partition coefficient (Wildman–Crippen LogP) is 3.46. The van der Waals surface area contributed by atoms with Crippen LogP contribution >= 0.6 is 0 Å². The quantitative estimate of drug-likeness (QED) is 0.702. The fourth-order valence-electron chi connectivity index (χ4n) is 2.59. The summed E-state index contributed by atoms with van der Waals surface area (Å²) in [5.41, 5.74) is 3.37. The zero-order valence-corrected chi connectivity index (χ0v) is 17.4. The molecule has 0 aliphatic carbocycles. The lowest BCUT2D eigenvalue weighted by Gasteiger charge is -2.19. The lowest BCUT2D eigenvalue weighted by molar-refractivity contribution is -0.146. The van der Waals surface area contributed by atoms with Gasteiger partial charge in [0.05, 0.1) is 0 Å². The maximum absolute atomic E-state index is 12.1. The monoisotopic (exact) mass is 396 g/mol. The number of ether oxygens (including phenoxy) is 1. The molecule has 0 unspecified atom stereocenters. The summed E-state index contributed by atoms with van der Waals surface area (Å²) < 4.78 is 4.91. The molecule has 6 heteroatoms. The molecule has 6 nitrogen and oxygen atoms in total. The van der Waals surface area contributed by atoms with Gasteiger partial charge in [-0.25, -0.2) is 0 Å². The van der Waals surface area contributed by atoms with Gasteiger partial charge in [0, 0.05) is 11.3 Å². The van der Waals surface area contributed by atoms with E-state index >= 15 is 0 Å². The highest BCUT2D eigenvalue weighted by molar-refractivity contribution is 5.96. The number of amides is 2. The molecule has 2 N–H and O–H groups in total. The molecule has 0 heterocycles. The predicted molar refractivity (Wildman–Crippen MR) is 113 cm³/mol. The number of carbonyl (C=O) groups is 3. The molecule has 0 saturated heterocycles. The molecule has 0 bridgehead atoms. The van der Waals surface area contributed by atoms with Gasteiger partial charge in [0.15, 0.2) is 6.61 Å². The van der Waals surface area contributed by atoms with Crippen LogP contribution in [0.4, 0.5) is 5.69 Å². The molecule has 0 atom stereocenters. The summed E-state index contributed by atoms with van der Waals surface area (Å²) in [5, 5.41) is 5.15. The molecule has 29 heavy (non-hydrogen) atoms. The smallest absolute Gasteiger partial charge is 0.325 e. The third-order valence-corrected chi connectivity index (χ3v) is 4.42. The lowest BCUT2D eigenvalue weighted by Crippen LogP contribution is -2.32. The number of carbonyl (C=O) groups excluding carboxylic acids is 3. The van der Waals surface area contributed by atoms with E-state index in [4.69, 9.17) is 4.74 Å². The molecular formula is C23H28N2O4. The van der Waals surface area contributed by atoms with E-state index in [1.54, 1.807) is 24.3 Å². The highest BCUT2D eigenvalue weighted by Gasteiger charge is 2.15. The van der Waals surface area contributed by atoms with E-state index in [1.807, 2.05) is 31.2 Å². The third kappa shape index (κ3) is 7.07. The first-order chi connectivity index (χ1) is 13.7. The SMILES string of the molecule is CCc1ccc(NC(=O)COC(=O)CNC(=O)c2ccc(C(C)(C)C)cc2)cc1. The summed E-state index contributed by atoms with van der Waals surface area (Å²) >= 11 is 0. The van der Waals surface area contributed by atoms with Crippen LogP contribution in [-0.4, -0.2) is 30.9 Å². The second kappa shape index (κ2) is 9.87. The normalized spacial score (nSPS) is 10.9. The van der Waals surface area contributed by atoms with Crippen LogP contribution in [0.15, 0.2) is 48.5 Å². The van der Waals surface area contributed by atoms with Gasteiger partial charge in [-0.3, -0.25) is 14.4 Å². The third-order valence-electron chi connectivity index (χ3n) is 4.42. The van der Waals surface area contributed by atoms with Crippen LogP contribution in [-0.2, 0) is 26.2 Å².